The normalized spacial score (nSPS) is 12.5. The Bertz CT molecular complexity index is 1670. The van der Waals surface area contributed by atoms with E-state index in [-0.39, 0.29) is 18.4 Å². The van der Waals surface area contributed by atoms with Crippen molar-refractivity contribution >= 4 is 45.3 Å². The van der Waals surface area contributed by atoms with Gasteiger partial charge in [0.15, 0.2) is 0 Å². The number of hydrogen-bond donors (Lipinski definition) is 1. The largest absolute Gasteiger partial charge is 0.489 e. The molecule has 0 saturated heterocycles. The smallest absolute Gasteiger partial charge is 0.260 e. The number of nitrogens with one attached hydrogen (secondary N) is 1. The fraction of sp³-hybridized carbons (Fsp3) is 0.0645. The number of rotatable bonds is 7. The van der Waals surface area contributed by atoms with Crippen LogP contribution in [0.5, 0.6) is 5.75 Å². The number of hydrazone groups is 1. The van der Waals surface area contributed by atoms with Crippen LogP contribution < -0.4 is 15.1 Å². The number of carbonyl (C=O) groups is 2. The van der Waals surface area contributed by atoms with Crippen molar-refractivity contribution in [3.05, 3.63) is 120 Å². The van der Waals surface area contributed by atoms with Crippen molar-refractivity contribution in [1.82, 2.24) is 5.43 Å². The summed E-state index contributed by atoms with van der Waals surface area (Å²) in [5.74, 6) is 0.200. The average molecular weight is 486 g/mol. The van der Waals surface area contributed by atoms with Crippen LogP contribution in [-0.2, 0) is 11.4 Å². The maximum atomic E-state index is 12.8. The molecule has 6 heteroatoms. The summed E-state index contributed by atoms with van der Waals surface area (Å²) in [5.41, 5.74) is 5.80. The number of hydrogen-bond acceptors (Lipinski definition) is 4. The molecule has 37 heavy (non-hydrogen) atoms. The number of amides is 2. The molecule has 0 unspecified atom stereocenters. The Hall–Kier alpha value is -4.97. The van der Waals surface area contributed by atoms with Crippen LogP contribution in [0.15, 0.2) is 108 Å². The summed E-state index contributed by atoms with van der Waals surface area (Å²) in [4.78, 5) is 26.8. The molecule has 0 fully saturated rings. The van der Waals surface area contributed by atoms with Crippen molar-refractivity contribution in [3.63, 3.8) is 0 Å². The number of ether oxygens (including phenoxy) is 1. The fourth-order valence-electron chi connectivity index (χ4n) is 4.64. The van der Waals surface area contributed by atoms with Gasteiger partial charge in [-0.1, -0.05) is 60.7 Å². The lowest BCUT2D eigenvalue weighted by molar-refractivity contribution is -0.119. The third-order valence-electron chi connectivity index (χ3n) is 6.45. The molecular formula is C31H23N3O3. The van der Waals surface area contributed by atoms with Crippen molar-refractivity contribution in [3.8, 4) is 5.75 Å². The van der Waals surface area contributed by atoms with E-state index in [0.717, 1.165) is 33.3 Å². The Morgan fingerprint density at radius 3 is 2.43 bits per heavy atom. The van der Waals surface area contributed by atoms with Gasteiger partial charge >= 0.3 is 0 Å². The highest BCUT2D eigenvalue weighted by atomic mass is 16.5. The molecule has 1 aliphatic rings. The molecule has 0 aliphatic carbocycles. The topological polar surface area (TPSA) is 71.0 Å². The van der Waals surface area contributed by atoms with Crippen LogP contribution in [0, 0.1) is 0 Å². The first-order chi connectivity index (χ1) is 18.2. The maximum absolute atomic E-state index is 12.8. The first kappa shape index (κ1) is 22.5. The maximum Gasteiger partial charge on any atom is 0.260 e. The lowest BCUT2D eigenvalue weighted by atomic mass is 10.1. The van der Waals surface area contributed by atoms with Gasteiger partial charge in [-0.25, -0.2) is 5.43 Å². The Morgan fingerprint density at radius 2 is 1.59 bits per heavy atom. The highest BCUT2D eigenvalue weighted by Crippen LogP contribution is 2.36. The van der Waals surface area contributed by atoms with Crippen LogP contribution >= 0.6 is 0 Å². The fourth-order valence-corrected chi connectivity index (χ4v) is 4.64. The highest BCUT2D eigenvalue weighted by Gasteiger charge is 2.30. The average Bonchev–Trinajstić information content (AvgIpc) is 3.20. The zero-order chi connectivity index (χ0) is 25.2. The van der Waals surface area contributed by atoms with Gasteiger partial charge in [-0.05, 0) is 69.8 Å². The summed E-state index contributed by atoms with van der Waals surface area (Å²) in [6.07, 6.45) is 1.56. The lowest BCUT2D eigenvalue weighted by Crippen LogP contribution is -2.37. The van der Waals surface area contributed by atoms with Gasteiger partial charge in [-0.3, -0.25) is 14.5 Å². The lowest BCUT2D eigenvalue weighted by Gasteiger charge is -2.16. The van der Waals surface area contributed by atoms with E-state index < -0.39 is 0 Å². The molecule has 0 aromatic heterocycles. The van der Waals surface area contributed by atoms with Gasteiger partial charge in [0.2, 0.25) is 0 Å². The van der Waals surface area contributed by atoms with Gasteiger partial charge in [-0.2, -0.15) is 5.10 Å². The molecule has 6 nitrogen and oxygen atoms in total. The van der Waals surface area contributed by atoms with E-state index in [2.05, 4.69) is 40.9 Å². The van der Waals surface area contributed by atoms with Crippen LogP contribution in [0.25, 0.3) is 21.5 Å². The van der Waals surface area contributed by atoms with E-state index in [9.17, 15) is 9.59 Å². The molecule has 0 bridgehead atoms. The number of carbonyl (C=O) groups excluding carboxylic acids is 2. The Morgan fingerprint density at radius 1 is 0.838 bits per heavy atom. The zero-order valence-electron chi connectivity index (χ0n) is 19.9. The summed E-state index contributed by atoms with van der Waals surface area (Å²) >= 11 is 0. The van der Waals surface area contributed by atoms with Gasteiger partial charge in [0.25, 0.3) is 11.8 Å². The quantitative estimate of drug-likeness (QED) is 0.238. The molecule has 6 rings (SSSR count). The molecule has 0 radical (unpaired) electrons. The van der Waals surface area contributed by atoms with Gasteiger partial charge < -0.3 is 4.74 Å². The molecule has 0 spiro atoms. The van der Waals surface area contributed by atoms with E-state index in [4.69, 9.17) is 4.74 Å². The zero-order valence-corrected chi connectivity index (χ0v) is 19.9. The summed E-state index contributed by atoms with van der Waals surface area (Å²) in [7, 11) is 0. The van der Waals surface area contributed by atoms with E-state index in [1.165, 1.54) is 15.7 Å². The third-order valence-corrected chi connectivity index (χ3v) is 6.45. The monoisotopic (exact) mass is 485 g/mol. The van der Waals surface area contributed by atoms with Gasteiger partial charge in [0.1, 0.15) is 18.9 Å². The summed E-state index contributed by atoms with van der Waals surface area (Å²) < 4.78 is 5.92. The Labute approximate surface area is 213 Å². The molecule has 1 aliphatic heterocycles. The van der Waals surface area contributed by atoms with E-state index >= 15 is 0 Å². The second-order valence-corrected chi connectivity index (χ2v) is 8.90. The van der Waals surface area contributed by atoms with Gasteiger partial charge in [-0.15, -0.1) is 0 Å². The predicted molar refractivity (Wildman–Crippen MR) is 146 cm³/mol. The molecule has 0 atom stereocenters. The minimum absolute atomic E-state index is 0.106. The van der Waals surface area contributed by atoms with Crippen molar-refractivity contribution in [2.45, 2.75) is 6.61 Å². The van der Waals surface area contributed by atoms with Crippen LogP contribution in [-0.4, -0.2) is 24.6 Å². The Balaban J connectivity index is 1.04. The van der Waals surface area contributed by atoms with Crippen LogP contribution in [0.3, 0.4) is 0 Å². The summed E-state index contributed by atoms with van der Waals surface area (Å²) in [6, 6.07) is 33.3. The molecule has 2 amide bonds. The number of nitrogens with zero attached hydrogens (tertiary/aromatic N) is 2. The molecule has 1 heterocycles. The molecule has 1 N–H and O–H groups in total. The Kier molecular flexibility index (Phi) is 5.83. The van der Waals surface area contributed by atoms with E-state index in [1.807, 2.05) is 66.7 Å². The van der Waals surface area contributed by atoms with Crippen LogP contribution in [0.1, 0.15) is 21.5 Å². The SMILES string of the molecule is O=C(CN1C(=O)c2cccc3cccc1c23)N/N=C/c1ccc(OCc2ccc3ccccc3c2)cc1. The first-order valence-corrected chi connectivity index (χ1v) is 12.0. The molecule has 0 saturated carbocycles. The van der Waals surface area contributed by atoms with Crippen LogP contribution in [0.2, 0.25) is 0 Å². The first-order valence-electron chi connectivity index (χ1n) is 12.0. The molecule has 180 valence electrons. The van der Waals surface area contributed by atoms with Crippen molar-refractivity contribution < 1.29 is 14.3 Å². The van der Waals surface area contributed by atoms with Crippen molar-refractivity contribution in [2.75, 3.05) is 11.4 Å². The summed E-state index contributed by atoms with van der Waals surface area (Å²) in [6.45, 7) is 0.368. The predicted octanol–water partition coefficient (Wildman–Crippen LogP) is 5.68. The minimum atomic E-state index is -0.371. The molecule has 5 aromatic carbocycles. The second kappa shape index (κ2) is 9.59. The minimum Gasteiger partial charge on any atom is -0.489 e. The number of fused-ring (bicyclic) bond motifs is 1. The molecule has 5 aromatic rings. The van der Waals surface area contributed by atoms with E-state index in [0.29, 0.717) is 12.2 Å². The summed E-state index contributed by atoms with van der Waals surface area (Å²) in [5, 5.41) is 8.31. The van der Waals surface area contributed by atoms with E-state index in [1.54, 1.807) is 12.3 Å². The van der Waals surface area contributed by atoms with Crippen LogP contribution in [0.4, 0.5) is 5.69 Å². The van der Waals surface area contributed by atoms with Gasteiger partial charge in [0.05, 0.1) is 11.9 Å². The second-order valence-electron chi connectivity index (χ2n) is 8.90. The third kappa shape index (κ3) is 4.52. The number of benzene rings is 5. The van der Waals surface area contributed by atoms with Crippen molar-refractivity contribution in [1.29, 1.82) is 0 Å². The standard InChI is InChI=1S/C31H23N3O3/c35-29(19-34-28-10-4-8-24-7-3-9-27(30(24)28)31(34)36)33-32-18-21-12-15-26(16-13-21)37-20-22-11-14-23-5-1-2-6-25(23)17-22/h1-18H,19-20H2,(H,33,35)/b32-18+. The molecular weight excluding hydrogens is 462 g/mol. The highest BCUT2D eigenvalue weighted by molar-refractivity contribution is 6.26. The van der Waals surface area contributed by atoms with Gasteiger partial charge in [0, 0.05) is 10.9 Å². The van der Waals surface area contributed by atoms with Crippen molar-refractivity contribution in [2.24, 2.45) is 5.10 Å². The number of anilines is 1.